The first-order valence-electron chi connectivity index (χ1n) is 9.60. The molecule has 1 saturated heterocycles. The molecule has 2 aromatic rings. The van der Waals surface area contributed by atoms with Gasteiger partial charge in [0.25, 0.3) is 0 Å². The van der Waals surface area contributed by atoms with Crippen molar-refractivity contribution in [1.82, 2.24) is 15.0 Å². The average Bonchev–Trinajstić information content (AvgIpc) is 3.22. The predicted molar refractivity (Wildman–Crippen MR) is 104 cm³/mol. The molecule has 27 heavy (non-hydrogen) atoms. The van der Waals surface area contributed by atoms with Crippen LogP contribution in [-0.4, -0.2) is 54.7 Å². The molecule has 146 valence electrons. The number of amides is 1. The van der Waals surface area contributed by atoms with Gasteiger partial charge in [-0.1, -0.05) is 18.5 Å². The van der Waals surface area contributed by atoms with Gasteiger partial charge in [-0.2, -0.15) is 4.98 Å². The Balaban J connectivity index is 1.57. The minimum atomic E-state index is 0.0899. The smallest absolute Gasteiger partial charge is 0.324 e. The summed E-state index contributed by atoms with van der Waals surface area (Å²) in [7, 11) is 3.54. The molecule has 1 aliphatic rings. The Morgan fingerprint density at radius 1 is 1.30 bits per heavy atom. The highest BCUT2D eigenvalue weighted by Crippen LogP contribution is 2.26. The largest absolute Gasteiger partial charge is 0.497 e. The summed E-state index contributed by atoms with van der Waals surface area (Å²) in [5, 5.41) is 4.09. The van der Waals surface area contributed by atoms with E-state index < -0.39 is 0 Å². The quantitative estimate of drug-likeness (QED) is 0.743. The molecule has 2 heterocycles. The van der Waals surface area contributed by atoms with E-state index in [-0.39, 0.29) is 11.8 Å². The average molecular weight is 372 g/mol. The molecular formula is C20H28N4O3. The summed E-state index contributed by atoms with van der Waals surface area (Å²) in [4.78, 5) is 21.0. The van der Waals surface area contributed by atoms with Crippen LogP contribution in [0.15, 0.2) is 28.8 Å². The number of aromatic nitrogens is 2. The van der Waals surface area contributed by atoms with Crippen LogP contribution < -0.4 is 9.64 Å². The van der Waals surface area contributed by atoms with Gasteiger partial charge >= 0.3 is 6.01 Å². The van der Waals surface area contributed by atoms with Crippen LogP contribution >= 0.6 is 0 Å². The van der Waals surface area contributed by atoms with E-state index in [1.807, 2.05) is 36.2 Å². The van der Waals surface area contributed by atoms with Gasteiger partial charge < -0.3 is 19.1 Å². The predicted octanol–water partition coefficient (Wildman–Crippen LogP) is 3.22. The zero-order valence-corrected chi connectivity index (χ0v) is 16.4. The fourth-order valence-corrected chi connectivity index (χ4v) is 3.34. The van der Waals surface area contributed by atoms with E-state index in [0.717, 1.165) is 56.6 Å². The standard InChI is InChI=1S/C20H28N4O3/c1-4-5-12-23(2)19(25)16-10-13-24(14-11-16)20-21-18(22-27-20)15-6-8-17(26-3)9-7-15/h6-9,16H,4-5,10-14H2,1-3H3. The van der Waals surface area contributed by atoms with E-state index >= 15 is 0 Å². The minimum Gasteiger partial charge on any atom is -0.497 e. The van der Waals surface area contributed by atoms with Gasteiger partial charge in [0.15, 0.2) is 0 Å². The molecular weight excluding hydrogens is 344 g/mol. The van der Waals surface area contributed by atoms with E-state index in [9.17, 15) is 4.79 Å². The SMILES string of the molecule is CCCCN(C)C(=O)C1CCN(c2nc(-c3ccc(OC)cc3)no2)CC1. The minimum absolute atomic E-state index is 0.0899. The Bertz CT molecular complexity index is 736. The molecule has 7 heteroatoms. The molecule has 0 saturated carbocycles. The zero-order valence-electron chi connectivity index (χ0n) is 16.4. The number of carbonyl (C=O) groups is 1. The van der Waals surface area contributed by atoms with Crippen molar-refractivity contribution in [3.63, 3.8) is 0 Å². The summed E-state index contributed by atoms with van der Waals surface area (Å²) in [6.45, 7) is 4.48. The maximum Gasteiger partial charge on any atom is 0.324 e. The maximum absolute atomic E-state index is 12.5. The van der Waals surface area contributed by atoms with E-state index in [0.29, 0.717) is 11.8 Å². The molecule has 1 amide bonds. The van der Waals surface area contributed by atoms with Crippen LogP contribution in [0.3, 0.4) is 0 Å². The molecule has 1 aromatic heterocycles. The first-order chi connectivity index (χ1) is 13.1. The Morgan fingerprint density at radius 2 is 2.00 bits per heavy atom. The van der Waals surface area contributed by atoms with Gasteiger partial charge in [0.2, 0.25) is 11.7 Å². The van der Waals surface area contributed by atoms with Gasteiger partial charge in [-0.3, -0.25) is 4.79 Å². The summed E-state index contributed by atoms with van der Waals surface area (Å²) in [5.41, 5.74) is 0.883. The summed E-state index contributed by atoms with van der Waals surface area (Å²) in [6.07, 6.45) is 3.78. The second-order valence-electron chi connectivity index (χ2n) is 7.00. The van der Waals surface area contributed by atoms with Gasteiger partial charge in [0, 0.05) is 38.2 Å². The van der Waals surface area contributed by atoms with Gasteiger partial charge in [0.1, 0.15) is 5.75 Å². The second kappa shape index (κ2) is 8.88. The first kappa shape index (κ1) is 19.2. The lowest BCUT2D eigenvalue weighted by atomic mass is 9.95. The van der Waals surface area contributed by atoms with Crippen LogP contribution in [0.1, 0.15) is 32.6 Å². The second-order valence-corrected chi connectivity index (χ2v) is 7.00. The molecule has 7 nitrogen and oxygen atoms in total. The van der Waals surface area contributed by atoms with Gasteiger partial charge in [-0.05, 0) is 43.5 Å². The monoisotopic (exact) mass is 372 g/mol. The number of rotatable bonds is 7. The van der Waals surface area contributed by atoms with Crippen LogP contribution in [0.5, 0.6) is 5.75 Å². The lowest BCUT2D eigenvalue weighted by molar-refractivity contribution is -0.134. The number of methoxy groups -OCH3 is 1. The normalized spacial score (nSPS) is 15.0. The van der Waals surface area contributed by atoms with Crippen molar-refractivity contribution in [3.8, 4) is 17.1 Å². The third-order valence-electron chi connectivity index (χ3n) is 5.10. The lowest BCUT2D eigenvalue weighted by Gasteiger charge is -2.32. The van der Waals surface area contributed by atoms with Crippen molar-refractivity contribution >= 4 is 11.9 Å². The fourth-order valence-electron chi connectivity index (χ4n) is 3.34. The molecule has 0 unspecified atom stereocenters. The van der Waals surface area contributed by atoms with Crippen LogP contribution in [0.25, 0.3) is 11.4 Å². The van der Waals surface area contributed by atoms with Crippen LogP contribution in [0.2, 0.25) is 0 Å². The summed E-state index contributed by atoms with van der Waals surface area (Å²) in [6, 6.07) is 8.08. The summed E-state index contributed by atoms with van der Waals surface area (Å²) < 4.78 is 10.6. The summed E-state index contributed by atoms with van der Waals surface area (Å²) in [5.74, 6) is 1.70. The number of unbranched alkanes of at least 4 members (excludes halogenated alkanes) is 1. The highest BCUT2D eigenvalue weighted by Gasteiger charge is 2.29. The van der Waals surface area contributed by atoms with Crippen molar-refractivity contribution in [1.29, 1.82) is 0 Å². The molecule has 1 aromatic carbocycles. The number of anilines is 1. The third-order valence-corrected chi connectivity index (χ3v) is 5.10. The van der Waals surface area contributed by atoms with Crippen LogP contribution in [0.4, 0.5) is 6.01 Å². The molecule has 0 spiro atoms. The highest BCUT2D eigenvalue weighted by atomic mass is 16.5. The van der Waals surface area contributed by atoms with E-state index in [2.05, 4.69) is 22.0 Å². The molecule has 0 aliphatic carbocycles. The Kier molecular flexibility index (Phi) is 6.32. The molecule has 1 fully saturated rings. The highest BCUT2D eigenvalue weighted by molar-refractivity contribution is 5.78. The first-order valence-corrected chi connectivity index (χ1v) is 9.60. The fraction of sp³-hybridized carbons (Fsp3) is 0.550. The Labute approximate surface area is 160 Å². The van der Waals surface area contributed by atoms with Gasteiger partial charge in [-0.15, -0.1) is 0 Å². The molecule has 3 rings (SSSR count). The van der Waals surface area contributed by atoms with Crippen molar-refractivity contribution in [2.75, 3.05) is 38.7 Å². The number of carbonyl (C=O) groups excluding carboxylic acids is 1. The van der Waals surface area contributed by atoms with Crippen molar-refractivity contribution in [3.05, 3.63) is 24.3 Å². The van der Waals surface area contributed by atoms with Crippen molar-refractivity contribution in [2.45, 2.75) is 32.6 Å². The molecule has 0 atom stereocenters. The third kappa shape index (κ3) is 4.59. The Hall–Kier alpha value is -2.57. The zero-order chi connectivity index (χ0) is 19.2. The van der Waals surface area contributed by atoms with E-state index in [4.69, 9.17) is 9.26 Å². The van der Waals surface area contributed by atoms with Crippen molar-refractivity contribution < 1.29 is 14.1 Å². The number of hydrogen-bond donors (Lipinski definition) is 0. The van der Waals surface area contributed by atoms with Crippen LogP contribution in [0, 0.1) is 5.92 Å². The number of hydrogen-bond acceptors (Lipinski definition) is 6. The maximum atomic E-state index is 12.5. The number of piperidine rings is 1. The van der Waals surface area contributed by atoms with Crippen molar-refractivity contribution in [2.24, 2.45) is 5.92 Å². The van der Waals surface area contributed by atoms with Gasteiger partial charge in [-0.25, -0.2) is 0 Å². The molecule has 1 aliphatic heterocycles. The van der Waals surface area contributed by atoms with E-state index in [1.54, 1.807) is 7.11 Å². The van der Waals surface area contributed by atoms with E-state index in [1.165, 1.54) is 0 Å². The lowest BCUT2D eigenvalue weighted by Crippen LogP contribution is -2.41. The van der Waals surface area contributed by atoms with Gasteiger partial charge in [0.05, 0.1) is 7.11 Å². The number of nitrogens with zero attached hydrogens (tertiary/aromatic N) is 4. The van der Waals surface area contributed by atoms with Crippen LogP contribution in [-0.2, 0) is 4.79 Å². The number of benzene rings is 1. The summed E-state index contributed by atoms with van der Waals surface area (Å²) >= 11 is 0. The molecule has 0 N–H and O–H groups in total. The number of ether oxygens (including phenoxy) is 1. The molecule has 0 radical (unpaired) electrons. The Morgan fingerprint density at radius 3 is 2.63 bits per heavy atom. The topological polar surface area (TPSA) is 71.7 Å². The molecule has 0 bridgehead atoms.